The van der Waals surface area contributed by atoms with Gasteiger partial charge < -0.3 is 6.92 Å². The summed E-state index contributed by atoms with van der Waals surface area (Å²) in [5.74, 6) is 1.83. The van der Waals surface area contributed by atoms with Crippen molar-refractivity contribution in [2.24, 2.45) is 5.92 Å². The zero-order valence-corrected chi connectivity index (χ0v) is 17.8. The largest absolute Gasteiger partial charge is 1.00 e. The summed E-state index contributed by atoms with van der Waals surface area (Å²) in [5, 5.41) is 0. The van der Waals surface area contributed by atoms with E-state index in [2.05, 4.69) is 83.7 Å². The van der Waals surface area contributed by atoms with Crippen LogP contribution >= 0.6 is 9.24 Å². The zero-order valence-electron chi connectivity index (χ0n) is 16.7. The molecule has 1 atom stereocenters. The van der Waals surface area contributed by atoms with E-state index in [4.69, 9.17) is 0 Å². The first kappa shape index (κ1) is 25.2. The fraction of sp³-hybridized carbons (Fsp3) is 0.600. The van der Waals surface area contributed by atoms with Crippen molar-refractivity contribution in [3.05, 3.63) is 41.3 Å². The van der Waals surface area contributed by atoms with Crippen molar-refractivity contribution in [2.45, 2.75) is 73.1 Å². The second-order valence-electron chi connectivity index (χ2n) is 7.30. The molecule has 0 saturated heterocycles. The summed E-state index contributed by atoms with van der Waals surface area (Å²) in [6.07, 6.45) is 0. The monoisotopic (exact) mass is 328 g/mol. The van der Waals surface area contributed by atoms with E-state index >= 15 is 0 Å². The molecule has 1 nitrogen and oxygen atoms in total. The minimum Gasteiger partial charge on any atom is -0.341 e. The molecule has 1 aromatic rings. The van der Waals surface area contributed by atoms with Crippen LogP contribution in [-0.4, -0.2) is 5.52 Å². The molecule has 0 aliphatic rings. The first-order valence-electron chi connectivity index (χ1n) is 8.29. The van der Waals surface area contributed by atoms with Crippen LogP contribution in [0.2, 0.25) is 0 Å². The van der Waals surface area contributed by atoms with E-state index in [-0.39, 0.29) is 24.4 Å². The molecule has 0 heterocycles. The molecule has 126 valence electrons. The van der Waals surface area contributed by atoms with Gasteiger partial charge in [-0.05, 0) is 34.4 Å². The van der Waals surface area contributed by atoms with Crippen molar-refractivity contribution in [3.63, 3.8) is 0 Å². The predicted octanol–water partition coefficient (Wildman–Crippen LogP) is 3.55. The molecule has 0 saturated carbocycles. The van der Waals surface area contributed by atoms with Crippen LogP contribution in [0, 0.1) is 12.8 Å². The molecule has 3 heteroatoms. The van der Waals surface area contributed by atoms with Gasteiger partial charge in [-0.1, -0.05) is 76.8 Å². The number of carbonyl (C=O) groups is 1. The van der Waals surface area contributed by atoms with Gasteiger partial charge in [-0.15, -0.1) is 0 Å². The normalized spacial score (nSPS) is 10.7. The van der Waals surface area contributed by atoms with Gasteiger partial charge in [0.25, 0.3) is 0 Å². The van der Waals surface area contributed by atoms with Crippen molar-refractivity contribution >= 4 is 14.8 Å². The quantitative estimate of drug-likeness (QED) is 0.469. The topological polar surface area (TPSA) is 17.1 Å². The number of rotatable bonds is 4. The second kappa shape index (κ2) is 11.5. The third-order valence-electron chi connectivity index (χ3n) is 3.38. The summed E-state index contributed by atoms with van der Waals surface area (Å²) in [6.45, 7) is 20.8. The maximum absolute atomic E-state index is 11.9. The van der Waals surface area contributed by atoms with E-state index in [0.717, 1.165) is 5.56 Å². The molecular formula is C20H34LiOP. The van der Waals surface area contributed by atoms with Gasteiger partial charge in [0, 0.05) is 5.56 Å². The third kappa shape index (κ3) is 8.53. The van der Waals surface area contributed by atoms with Crippen LogP contribution in [0.3, 0.4) is 0 Å². The first-order chi connectivity index (χ1) is 9.98. The number of hydrogen-bond donors (Lipinski definition) is 0. The Bertz CT molecular complexity index is 459. The molecule has 0 spiro atoms. The molecule has 0 aliphatic heterocycles. The molecule has 1 unspecified atom stereocenters. The van der Waals surface area contributed by atoms with E-state index < -0.39 is 0 Å². The summed E-state index contributed by atoms with van der Waals surface area (Å²) in [6, 6.07) is 4.41. The molecule has 0 N–H and O–H groups in total. The SMILES string of the molecule is CC(C)c1cc(C(C)C)c(C(=O)P)c(C(C)C)c1.[CH2-]C(C)C.[Li+]. The second-order valence-corrected chi connectivity index (χ2v) is 7.82. The Balaban J connectivity index is 0. The van der Waals surface area contributed by atoms with Crippen molar-refractivity contribution < 1.29 is 23.7 Å². The Morgan fingerprint density at radius 3 is 1.35 bits per heavy atom. The molecule has 0 bridgehead atoms. The van der Waals surface area contributed by atoms with Crippen LogP contribution in [0.1, 0.15) is 100 Å². The van der Waals surface area contributed by atoms with Gasteiger partial charge in [-0.25, -0.2) is 0 Å². The van der Waals surface area contributed by atoms with Crippen molar-refractivity contribution in [2.75, 3.05) is 0 Å². The van der Waals surface area contributed by atoms with Crippen LogP contribution in [0.15, 0.2) is 12.1 Å². The molecule has 23 heavy (non-hydrogen) atoms. The van der Waals surface area contributed by atoms with Gasteiger partial charge in [-0.2, -0.15) is 5.92 Å². The van der Waals surface area contributed by atoms with Crippen LogP contribution in [0.5, 0.6) is 0 Å². The average molecular weight is 328 g/mol. The Morgan fingerprint density at radius 2 is 1.17 bits per heavy atom. The Kier molecular flexibility index (Phi) is 12.5. The molecule has 1 aromatic carbocycles. The summed E-state index contributed by atoms with van der Waals surface area (Å²) in [7, 11) is 2.33. The van der Waals surface area contributed by atoms with Crippen LogP contribution in [0.25, 0.3) is 0 Å². The number of carbonyl (C=O) groups excluding carboxylic acids is 1. The van der Waals surface area contributed by atoms with Crippen LogP contribution < -0.4 is 18.9 Å². The average Bonchev–Trinajstić information content (AvgIpc) is 2.35. The van der Waals surface area contributed by atoms with Gasteiger partial charge in [0.05, 0.1) is 0 Å². The fourth-order valence-corrected chi connectivity index (χ4v) is 2.57. The minimum atomic E-state index is 0. The number of hydrogen-bond acceptors (Lipinski definition) is 1. The standard InChI is InChI=1S/C16H25OP.C4H9.Li/c1-9(2)12-7-13(10(3)4)15(16(17)18)14(8-12)11(5)6;1-4(2)3;/h7-11H,18H2,1-6H3;4H,1H2,2-3H3;/q;-1;+1. The van der Waals surface area contributed by atoms with Gasteiger partial charge in [-0.3, -0.25) is 4.79 Å². The molecule has 0 fully saturated rings. The third-order valence-corrected chi connectivity index (χ3v) is 3.67. The van der Waals surface area contributed by atoms with E-state index in [9.17, 15) is 4.79 Å². The van der Waals surface area contributed by atoms with Gasteiger partial charge in [0.2, 0.25) is 0 Å². The Labute approximate surface area is 158 Å². The van der Waals surface area contributed by atoms with Gasteiger partial charge in [0.1, 0.15) is 0 Å². The van der Waals surface area contributed by atoms with Crippen molar-refractivity contribution in [1.82, 2.24) is 0 Å². The zero-order chi connectivity index (χ0) is 17.6. The Hall–Kier alpha value is -0.0826. The minimum absolute atomic E-state index is 0. The summed E-state index contributed by atoms with van der Waals surface area (Å²) >= 11 is 0. The fourth-order valence-electron chi connectivity index (χ4n) is 2.24. The number of benzene rings is 1. The molecule has 0 aromatic heterocycles. The van der Waals surface area contributed by atoms with E-state index in [1.54, 1.807) is 0 Å². The molecule has 1 rings (SSSR count). The molecular weight excluding hydrogens is 294 g/mol. The summed E-state index contributed by atoms with van der Waals surface area (Å²) < 4.78 is 0. The van der Waals surface area contributed by atoms with Gasteiger partial charge in [0.15, 0.2) is 5.52 Å². The van der Waals surface area contributed by atoms with Crippen molar-refractivity contribution in [1.29, 1.82) is 0 Å². The smallest absolute Gasteiger partial charge is 0.341 e. The summed E-state index contributed by atoms with van der Waals surface area (Å²) in [4.78, 5) is 11.9. The van der Waals surface area contributed by atoms with E-state index in [1.807, 2.05) is 0 Å². The van der Waals surface area contributed by atoms with Gasteiger partial charge >= 0.3 is 18.9 Å². The molecule has 0 amide bonds. The van der Waals surface area contributed by atoms with Crippen LogP contribution in [-0.2, 0) is 0 Å². The molecule has 0 aliphatic carbocycles. The molecule has 0 radical (unpaired) electrons. The van der Waals surface area contributed by atoms with E-state index in [0.29, 0.717) is 23.7 Å². The maximum Gasteiger partial charge on any atom is 1.00 e. The Morgan fingerprint density at radius 1 is 0.870 bits per heavy atom. The van der Waals surface area contributed by atoms with E-state index in [1.165, 1.54) is 16.7 Å². The van der Waals surface area contributed by atoms with Crippen LogP contribution in [0.4, 0.5) is 0 Å². The predicted molar refractivity (Wildman–Crippen MR) is 103 cm³/mol. The first-order valence-corrected chi connectivity index (χ1v) is 8.87. The summed E-state index contributed by atoms with van der Waals surface area (Å²) in [5.41, 5.74) is 4.72. The van der Waals surface area contributed by atoms with Crippen molar-refractivity contribution in [3.8, 4) is 0 Å². The maximum atomic E-state index is 11.9.